The molecule has 0 saturated carbocycles. The van der Waals surface area contributed by atoms with Crippen LogP contribution < -0.4 is 10.6 Å². The van der Waals surface area contributed by atoms with Gasteiger partial charge in [-0.05, 0) is 43.7 Å². The lowest BCUT2D eigenvalue weighted by molar-refractivity contribution is -0.122. The average Bonchev–Trinajstić information content (AvgIpc) is 2.36. The van der Waals surface area contributed by atoms with E-state index in [0.29, 0.717) is 12.3 Å². The molecule has 4 nitrogen and oxygen atoms in total. The minimum Gasteiger partial charge on any atom is -0.385 e. The number of nitrogens with one attached hydrogen (secondary N) is 2. The molecule has 1 atom stereocenters. The summed E-state index contributed by atoms with van der Waals surface area (Å²) in [7, 11) is 1.71. The van der Waals surface area contributed by atoms with Crippen molar-refractivity contribution in [3.8, 4) is 0 Å². The second kappa shape index (κ2) is 7.74. The smallest absolute Gasteiger partial charge is 0.220 e. The highest BCUT2D eigenvalue weighted by molar-refractivity contribution is 5.76. The normalized spacial score (nSPS) is 20.7. The van der Waals surface area contributed by atoms with Gasteiger partial charge in [0.2, 0.25) is 5.91 Å². The number of ether oxygens (including phenoxy) is 1. The van der Waals surface area contributed by atoms with Gasteiger partial charge in [0, 0.05) is 26.7 Å². The van der Waals surface area contributed by atoms with Crippen molar-refractivity contribution in [3.63, 3.8) is 0 Å². The molecule has 0 spiro atoms. The molecule has 1 rings (SSSR count). The van der Waals surface area contributed by atoms with E-state index < -0.39 is 0 Å². The summed E-state index contributed by atoms with van der Waals surface area (Å²) >= 11 is 0. The summed E-state index contributed by atoms with van der Waals surface area (Å²) in [6.07, 6.45) is 3.99. The fraction of sp³-hybridized carbons (Fsp3) is 0.929. The van der Waals surface area contributed by atoms with Crippen molar-refractivity contribution in [2.75, 3.05) is 33.4 Å². The molecule has 1 aliphatic heterocycles. The number of rotatable bonds is 7. The largest absolute Gasteiger partial charge is 0.385 e. The summed E-state index contributed by atoms with van der Waals surface area (Å²) in [6, 6.07) is 0. The van der Waals surface area contributed by atoms with E-state index >= 15 is 0 Å². The minimum absolute atomic E-state index is 0.108. The molecule has 1 saturated heterocycles. The molecule has 1 heterocycles. The number of piperidine rings is 1. The summed E-state index contributed by atoms with van der Waals surface area (Å²) in [6.45, 7) is 7.89. The van der Waals surface area contributed by atoms with Gasteiger partial charge in [-0.2, -0.15) is 0 Å². The molecule has 0 aromatic carbocycles. The Hall–Kier alpha value is -0.610. The van der Waals surface area contributed by atoms with Gasteiger partial charge >= 0.3 is 0 Å². The third-order valence-electron chi connectivity index (χ3n) is 3.62. The lowest BCUT2D eigenvalue weighted by Gasteiger charge is -2.26. The zero-order chi connectivity index (χ0) is 13.4. The van der Waals surface area contributed by atoms with E-state index in [2.05, 4.69) is 24.5 Å². The van der Waals surface area contributed by atoms with Crippen LogP contribution in [-0.4, -0.2) is 39.3 Å². The van der Waals surface area contributed by atoms with Crippen molar-refractivity contribution in [2.24, 2.45) is 11.3 Å². The minimum atomic E-state index is 0.108. The summed E-state index contributed by atoms with van der Waals surface area (Å²) < 4.78 is 5.09. The van der Waals surface area contributed by atoms with E-state index in [9.17, 15) is 4.79 Å². The standard InChI is InChI=1S/C14H28N2O2/c1-14(2,6-8-18-3)11-16-13(17)9-12-5-4-7-15-10-12/h12,15H,4-11H2,1-3H3,(H,16,17). The van der Waals surface area contributed by atoms with Crippen molar-refractivity contribution in [1.29, 1.82) is 0 Å². The number of hydrogen-bond donors (Lipinski definition) is 2. The number of carbonyl (C=O) groups is 1. The predicted octanol–water partition coefficient (Wildman–Crippen LogP) is 1.56. The van der Waals surface area contributed by atoms with E-state index in [0.717, 1.165) is 32.7 Å². The molecule has 18 heavy (non-hydrogen) atoms. The van der Waals surface area contributed by atoms with Crippen LogP contribution in [0.1, 0.15) is 39.5 Å². The number of amides is 1. The first kappa shape index (κ1) is 15.4. The molecule has 0 radical (unpaired) electrons. The Morgan fingerprint density at radius 3 is 2.89 bits per heavy atom. The van der Waals surface area contributed by atoms with Crippen LogP contribution in [0.15, 0.2) is 0 Å². The number of methoxy groups -OCH3 is 1. The highest BCUT2D eigenvalue weighted by Gasteiger charge is 2.20. The van der Waals surface area contributed by atoms with Gasteiger partial charge in [-0.15, -0.1) is 0 Å². The van der Waals surface area contributed by atoms with E-state index in [4.69, 9.17) is 4.74 Å². The van der Waals surface area contributed by atoms with Crippen LogP contribution in [0, 0.1) is 11.3 Å². The van der Waals surface area contributed by atoms with Gasteiger partial charge in [0.25, 0.3) is 0 Å². The first-order valence-corrected chi connectivity index (χ1v) is 7.00. The molecule has 106 valence electrons. The molecule has 1 fully saturated rings. The van der Waals surface area contributed by atoms with Crippen LogP contribution in [0.4, 0.5) is 0 Å². The second-order valence-electron chi connectivity index (χ2n) is 6.10. The van der Waals surface area contributed by atoms with E-state index in [1.165, 1.54) is 12.8 Å². The summed E-state index contributed by atoms with van der Waals surface area (Å²) in [5.41, 5.74) is 0.108. The third-order valence-corrected chi connectivity index (χ3v) is 3.62. The number of carbonyl (C=O) groups excluding carboxylic acids is 1. The Morgan fingerprint density at radius 2 is 2.28 bits per heavy atom. The fourth-order valence-corrected chi connectivity index (χ4v) is 2.24. The van der Waals surface area contributed by atoms with Crippen LogP contribution in [0.3, 0.4) is 0 Å². The van der Waals surface area contributed by atoms with Gasteiger partial charge < -0.3 is 15.4 Å². The van der Waals surface area contributed by atoms with Gasteiger partial charge in [-0.3, -0.25) is 4.79 Å². The Bertz CT molecular complexity index is 248. The number of hydrogen-bond acceptors (Lipinski definition) is 3. The van der Waals surface area contributed by atoms with Crippen LogP contribution in [0.25, 0.3) is 0 Å². The monoisotopic (exact) mass is 256 g/mol. The molecule has 0 bridgehead atoms. The average molecular weight is 256 g/mol. The molecule has 1 amide bonds. The van der Waals surface area contributed by atoms with Crippen molar-refractivity contribution < 1.29 is 9.53 Å². The van der Waals surface area contributed by atoms with Crippen LogP contribution >= 0.6 is 0 Å². The topological polar surface area (TPSA) is 50.4 Å². The maximum Gasteiger partial charge on any atom is 0.220 e. The molecule has 4 heteroatoms. The van der Waals surface area contributed by atoms with Gasteiger partial charge in [-0.1, -0.05) is 13.8 Å². The predicted molar refractivity (Wildman–Crippen MR) is 73.5 cm³/mol. The Labute approximate surface area is 111 Å². The summed E-state index contributed by atoms with van der Waals surface area (Å²) in [4.78, 5) is 11.9. The van der Waals surface area contributed by atoms with Crippen molar-refractivity contribution in [2.45, 2.75) is 39.5 Å². The van der Waals surface area contributed by atoms with Crippen molar-refractivity contribution >= 4 is 5.91 Å². The zero-order valence-electron chi connectivity index (χ0n) is 12.1. The first-order valence-electron chi connectivity index (χ1n) is 7.00. The fourth-order valence-electron chi connectivity index (χ4n) is 2.24. The van der Waals surface area contributed by atoms with Gasteiger partial charge in [0.1, 0.15) is 0 Å². The quantitative estimate of drug-likeness (QED) is 0.727. The van der Waals surface area contributed by atoms with Gasteiger partial charge in [0.15, 0.2) is 0 Å². The first-order chi connectivity index (χ1) is 8.53. The highest BCUT2D eigenvalue weighted by atomic mass is 16.5. The Kier molecular flexibility index (Phi) is 6.65. The third kappa shape index (κ3) is 6.36. The SMILES string of the molecule is COCCC(C)(C)CNC(=O)CC1CCCNC1. The van der Waals surface area contributed by atoms with Crippen LogP contribution in [0.5, 0.6) is 0 Å². The van der Waals surface area contributed by atoms with Crippen LogP contribution in [0.2, 0.25) is 0 Å². The van der Waals surface area contributed by atoms with Crippen molar-refractivity contribution in [1.82, 2.24) is 10.6 Å². The highest BCUT2D eigenvalue weighted by Crippen LogP contribution is 2.19. The van der Waals surface area contributed by atoms with Gasteiger partial charge in [-0.25, -0.2) is 0 Å². The van der Waals surface area contributed by atoms with E-state index in [1.807, 2.05) is 0 Å². The molecule has 0 aromatic rings. The molecule has 2 N–H and O–H groups in total. The molecular weight excluding hydrogens is 228 g/mol. The Morgan fingerprint density at radius 1 is 1.50 bits per heavy atom. The maximum atomic E-state index is 11.9. The molecule has 1 aliphatic rings. The van der Waals surface area contributed by atoms with E-state index in [1.54, 1.807) is 7.11 Å². The van der Waals surface area contributed by atoms with E-state index in [-0.39, 0.29) is 11.3 Å². The summed E-state index contributed by atoms with van der Waals surface area (Å²) in [5, 5.41) is 6.40. The lowest BCUT2D eigenvalue weighted by atomic mass is 9.89. The molecule has 0 aromatic heterocycles. The maximum absolute atomic E-state index is 11.9. The summed E-state index contributed by atoms with van der Waals surface area (Å²) in [5.74, 6) is 0.704. The van der Waals surface area contributed by atoms with Gasteiger partial charge in [0.05, 0.1) is 0 Å². The van der Waals surface area contributed by atoms with Crippen molar-refractivity contribution in [3.05, 3.63) is 0 Å². The Balaban J connectivity index is 2.19. The second-order valence-corrected chi connectivity index (χ2v) is 6.10. The molecular formula is C14H28N2O2. The zero-order valence-corrected chi connectivity index (χ0v) is 12.1. The molecule has 1 unspecified atom stereocenters. The van der Waals surface area contributed by atoms with Crippen LogP contribution in [-0.2, 0) is 9.53 Å². The molecule has 0 aliphatic carbocycles. The lowest BCUT2D eigenvalue weighted by Crippen LogP contribution is -2.38.